The normalized spacial score (nSPS) is 11.1. The first-order chi connectivity index (χ1) is 13.0. The van der Waals surface area contributed by atoms with Crippen LogP contribution >= 0.6 is 11.6 Å². The Morgan fingerprint density at radius 3 is 2.52 bits per heavy atom. The highest BCUT2D eigenvalue weighted by Gasteiger charge is 2.18. The molecule has 142 valence electrons. The second kappa shape index (κ2) is 8.57. The maximum Gasteiger partial charge on any atom is 0.305 e. The topological polar surface area (TPSA) is 49.7 Å². The zero-order valence-electron chi connectivity index (χ0n) is 15.6. The average Bonchev–Trinajstić information content (AvgIpc) is 2.96. The molecule has 0 fully saturated rings. The molecule has 6 heteroatoms. The minimum atomic E-state index is -0.229. The van der Waals surface area contributed by atoms with E-state index in [4.69, 9.17) is 26.1 Å². The lowest BCUT2D eigenvalue weighted by molar-refractivity contribution is -0.282. The van der Waals surface area contributed by atoms with E-state index in [1.54, 1.807) is 0 Å². The van der Waals surface area contributed by atoms with Crippen LogP contribution in [0.25, 0.3) is 22.2 Å². The van der Waals surface area contributed by atoms with Gasteiger partial charge in [0.25, 0.3) is 0 Å². The Morgan fingerprint density at radius 1 is 1.11 bits per heavy atom. The standard InChI is InChI=1S/C21H22ClNO4/c1-23-19-10-4-14(13-27-26-3)12-18(19)17(9-11-20(24)25-2)21(23)15-5-7-16(22)8-6-15/h4-8,10,12H,9,11,13H2,1-3H3. The maximum atomic E-state index is 11.7. The average molecular weight is 388 g/mol. The van der Waals surface area contributed by atoms with Gasteiger partial charge in [0.15, 0.2) is 0 Å². The number of aromatic nitrogens is 1. The van der Waals surface area contributed by atoms with Crippen molar-refractivity contribution in [1.29, 1.82) is 0 Å². The lowest BCUT2D eigenvalue weighted by Crippen LogP contribution is -2.03. The Kier molecular flexibility index (Phi) is 6.16. The third-order valence-electron chi connectivity index (χ3n) is 4.64. The van der Waals surface area contributed by atoms with Crippen LogP contribution in [0.5, 0.6) is 0 Å². The summed E-state index contributed by atoms with van der Waals surface area (Å²) in [6, 6.07) is 13.9. The molecular weight excluding hydrogens is 366 g/mol. The molecule has 0 N–H and O–H groups in total. The van der Waals surface area contributed by atoms with E-state index in [2.05, 4.69) is 16.7 Å². The number of ether oxygens (including phenoxy) is 1. The zero-order chi connectivity index (χ0) is 19.4. The van der Waals surface area contributed by atoms with Crippen molar-refractivity contribution in [2.75, 3.05) is 14.2 Å². The largest absolute Gasteiger partial charge is 0.469 e. The third-order valence-corrected chi connectivity index (χ3v) is 4.89. The van der Waals surface area contributed by atoms with E-state index in [-0.39, 0.29) is 5.97 Å². The van der Waals surface area contributed by atoms with Crippen molar-refractivity contribution in [3.63, 3.8) is 0 Å². The summed E-state index contributed by atoms with van der Waals surface area (Å²) >= 11 is 6.05. The molecule has 0 aliphatic carbocycles. The Balaban J connectivity index is 2.14. The first-order valence-electron chi connectivity index (χ1n) is 8.63. The second-order valence-corrected chi connectivity index (χ2v) is 6.69. The van der Waals surface area contributed by atoms with Crippen LogP contribution in [0.3, 0.4) is 0 Å². The molecule has 0 aliphatic heterocycles. The number of hydrogen-bond donors (Lipinski definition) is 0. The Hall–Kier alpha value is -2.34. The smallest absolute Gasteiger partial charge is 0.305 e. The molecule has 5 nitrogen and oxygen atoms in total. The van der Waals surface area contributed by atoms with E-state index in [0.29, 0.717) is 24.5 Å². The molecule has 0 saturated carbocycles. The fraction of sp³-hybridized carbons (Fsp3) is 0.286. The van der Waals surface area contributed by atoms with Crippen LogP contribution in [0.1, 0.15) is 17.5 Å². The maximum absolute atomic E-state index is 11.7. The van der Waals surface area contributed by atoms with Gasteiger partial charge in [-0.15, -0.1) is 0 Å². The van der Waals surface area contributed by atoms with E-state index in [0.717, 1.165) is 33.3 Å². The number of fused-ring (bicyclic) bond motifs is 1. The van der Waals surface area contributed by atoms with Gasteiger partial charge in [-0.3, -0.25) is 4.79 Å². The molecule has 0 aliphatic rings. The highest BCUT2D eigenvalue weighted by atomic mass is 35.5. The minimum absolute atomic E-state index is 0.229. The van der Waals surface area contributed by atoms with Gasteiger partial charge >= 0.3 is 5.97 Å². The van der Waals surface area contributed by atoms with Crippen molar-refractivity contribution in [1.82, 2.24) is 4.57 Å². The summed E-state index contributed by atoms with van der Waals surface area (Å²) < 4.78 is 6.97. The van der Waals surface area contributed by atoms with Gasteiger partial charge < -0.3 is 9.30 Å². The number of nitrogens with zero attached hydrogens (tertiary/aromatic N) is 1. The third kappa shape index (κ3) is 4.16. The monoisotopic (exact) mass is 387 g/mol. The van der Waals surface area contributed by atoms with Crippen LogP contribution in [-0.4, -0.2) is 24.8 Å². The summed E-state index contributed by atoms with van der Waals surface area (Å²) in [5.74, 6) is -0.229. The van der Waals surface area contributed by atoms with Gasteiger partial charge in [0.05, 0.1) is 19.9 Å². The Labute approximate surface area is 163 Å². The summed E-state index contributed by atoms with van der Waals surface area (Å²) in [6.07, 6.45) is 0.894. The molecule has 1 heterocycles. The molecule has 3 rings (SSSR count). The van der Waals surface area contributed by atoms with E-state index >= 15 is 0 Å². The lowest BCUT2D eigenvalue weighted by Gasteiger charge is -2.08. The molecule has 1 aromatic heterocycles. The number of carbonyl (C=O) groups excluding carboxylic acids is 1. The molecule has 0 atom stereocenters. The molecule has 27 heavy (non-hydrogen) atoms. The van der Waals surface area contributed by atoms with Crippen LogP contribution < -0.4 is 0 Å². The van der Waals surface area contributed by atoms with E-state index in [1.807, 2.05) is 37.4 Å². The number of methoxy groups -OCH3 is 1. The second-order valence-electron chi connectivity index (χ2n) is 6.25. The SMILES string of the molecule is COOCc1ccc2c(c1)c(CCC(=O)OC)c(-c1ccc(Cl)cc1)n2C. The fourth-order valence-electron chi connectivity index (χ4n) is 3.34. The Bertz CT molecular complexity index is 947. The van der Waals surface area contributed by atoms with Crippen molar-refractivity contribution in [3.8, 4) is 11.3 Å². The minimum Gasteiger partial charge on any atom is -0.469 e. The van der Waals surface area contributed by atoms with Gasteiger partial charge in [-0.05, 0) is 47.4 Å². The first kappa shape index (κ1) is 19.4. The molecular formula is C21H22ClNO4. The van der Waals surface area contributed by atoms with Crippen LogP contribution in [0.4, 0.5) is 0 Å². The van der Waals surface area contributed by atoms with Crippen LogP contribution in [0, 0.1) is 0 Å². The highest BCUT2D eigenvalue weighted by molar-refractivity contribution is 6.30. The number of esters is 1. The molecule has 3 aromatic rings. The number of rotatable bonds is 7. The summed E-state index contributed by atoms with van der Waals surface area (Å²) in [5, 5.41) is 1.77. The molecule has 0 saturated heterocycles. The lowest BCUT2D eigenvalue weighted by atomic mass is 10.00. The number of halogens is 1. The number of benzene rings is 2. The fourth-order valence-corrected chi connectivity index (χ4v) is 3.47. The van der Waals surface area contributed by atoms with Gasteiger partial charge in [0.1, 0.15) is 6.61 Å². The summed E-state index contributed by atoms with van der Waals surface area (Å²) in [5.41, 5.74) is 5.29. The van der Waals surface area contributed by atoms with Crippen molar-refractivity contribution in [2.24, 2.45) is 7.05 Å². The predicted octanol–water partition coefficient (Wildman–Crippen LogP) is 4.68. The van der Waals surface area contributed by atoms with Crippen molar-refractivity contribution in [3.05, 3.63) is 58.6 Å². The summed E-state index contributed by atoms with van der Waals surface area (Å²) in [6.45, 7) is 0.355. The van der Waals surface area contributed by atoms with Crippen molar-refractivity contribution < 1.29 is 19.3 Å². The predicted molar refractivity (Wildman–Crippen MR) is 106 cm³/mol. The number of carbonyl (C=O) groups is 1. The van der Waals surface area contributed by atoms with Crippen molar-refractivity contribution in [2.45, 2.75) is 19.4 Å². The molecule has 0 radical (unpaired) electrons. The molecule has 2 aromatic carbocycles. The highest BCUT2D eigenvalue weighted by Crippen LogP contribution is 2.35. The van der Waals surface area contributed by atoms with Gasteiger partial charge in [0.2, 0.25) is 0 Å². The summed E-state index contributed by atoms with van der Waals surface area (Å²) in [7, 11) is 4.92. The number of hydrogen-bond acceptors (Lipinski definition) is 4. The quantitative estimate of drug-likeness (QED) is 0.335. The van der Waals surface area contributed by atoms with E-state index in [1.165, 1.54) is 14.2 Å². The van der Waals surface area contributed by atoms with Crippen LogP contribution in [0.15, 0.2) is 42.5 Å². The molecule has 0 bridgehead atoms. The van der Waals surface area contributed by atoms with Gasteiger partial charge in [-0.25, -0.2) is 9.78 Å². The van der Waals surface area contributed by atoms with Gasteiger partial charge in [-0.2, -0.15) is 0 Å². The van der Waals surface area contributed by atoms with Gasteiger partial charge in [0, 0.05) is 29.4 Å². The molecule has 0 spiro atoms. The van der Waals surface area contributed by atoms with E-state index in [9.17, 15) is 4.79 Å². The zero-order valence-corrected chi connectivity index (χ0v) is 16.4. The van der Waals surface area contributed by atoms with Crippen LogP contribution in [0.2, 0.25) is 5.02 Å². The van der Waals surface area contributed by atoms with E-state index < -0.39 is 0 Å². The van der Waals surface area contributed by atoms with Crippen LogP contribution in [-0.2, 0) is 39.4 Å². The Morgan fingerprint density at radius 2 is 1.85 bits per heavy atom. The van der Waals surface area contributed by atoms with Crippen molar-refractivity contribution >= 4 is 28.5 Å². The summed E-state index contributed by atoms with van der Waals surface area (Å²) in [4.78, 5) is 21.5. The molecule has 0 unspecified atom stereocenters. The first-order valence-corrected chi connectivity index (χ1v) is 9.01. The number of aryl methyl sites for hydroxylation is 2. The molecule has 0 amide bonds. The van der Waals surface area contributed by atoms with Gasteiger partial charge in [-0.1, -0.05) is 29.8 Å².